The number of hydrogen-bond acceptors (Lipinski definition) is 5. The molecule has 1 saturated carbocycles. The molecule has 0 aromatic heterocycles. The van der Waals surface area contributed by atoms with E-state index in [1.807, 2.05) is 6.07 Å². The lowest BCUT2D eigenvalue weighted by atomic mass is 9.77. The SMILES string of the molecule is CO[C@@H]1C[C@H]2CN(S(=O)(=O)c3ccc(C#N)cc3Cl)C[C@H]2C[C@H]1NC(C)=O. The van der Waals surface area contributed by atoms with Gasteiger partial charge in [-0.3, -0.25) is 4.79 Å². The Labute approximate surface area is 164 Å². The highest BCUT2D eigenvalue weighted by molar-refractivity contribution is 7.89. The van der Waals surface area contributed by atoms with E-state index in [0.717, 1.165) is 0 Å². The molecule has 1 N–H and O–H groups in total. The first-order chi connectivity index (χ1) is 12.8. The van der Waals surface area contributed by atoms with Gasteiger partial charge in [0.25, 0.3) is 0 Å². The zero-order chi connectivity index (χ0) is 19.8. The van der Waals surface area contributed by atoms with E-state index in [4.69, 9.17) is 21.6 Å². The van der Waals surface area contributed by atoms with Crippen molar-refractivity contribution in [2.75, 3.05) is 20.2 Å². The maximum atomic E-state index is 13.1. The zero-order valence-corrected chi connectivity index (χ0v) is 16.8. The Morgan fingerprint density at radius 3 is 2.56 bits per heavy atom. The van der Waals surface area contributed by atoms with Crippen molar-refractivity contribution in [3.8, 4) is 6.07 Å². The minimum Gasteiger partial charge on any atom is -0.379 e. The minimum atomic E-state index is -3.75. The quantitative estimate of drug-likeness (QED) is 0.813. The first kappa shape index (κ1) is 20.1. The van der Waals surface area contributed by atoms with Gasteiger partial charge in [-0.15, -0.1) is 0 Å². The highest BCUT2D eigenvalue weighted by Gasteiger charge is 2.46. The van der Waals surface area contributed by atoms with Gasteiger partial charge in [0, 0.05) is 27.1 Å². The second-order valence-corrected chi connectivity index (χ2v) is 9.47. The maximum absolute atomic E-state index is 13.1. The van der Waals surface area contributed by atoms with Gasteiger partial charge in [-0.25, -0.2) is 8.42 Å². The molecule has 27 heavy (non-hydrogen) atoms. The van der Waals surface area contributed by atoms with Crippen LogP contribution in [0.2, 0.25) is 5.02 Å². The molecule has 1 aromatic carbocycles. The molecule has 1 aromatic rings. The van der Waals surface area contributed by atoms with Crippen LogP contribution < -0.4 is 5.32 Å². The van der Waals surface area contributed by atoms with Crippen molar-refractivity contribution in [1.82, 2.24) is 9.62 Å². The predicted octanol–water partition coefficient (Wildman–Crippen LogP) is 1.76. The largest absolute Gasteiger partial charge is 0.379 e. The number of nitrogens with one attached hydrogen (secondary N) is 1. The molecule has 2 aliphatic rings. The molecule has 1 amide bonds. The number of rotatable bonds is 4. The Balaban J connectivity index is 1.81. The molecule has 1 aliphatic carbocycles. The van der Waals surface area contributed by atoms with Crippen molar-refractivity contribution in [1.29, 1.82) is 5.26 Å². The number of ether oxygens (including phenoxy) is 1. The molecule has 0 spiro atoms. The Bertz CT molecular complexity index is 883. The van der Waals surface area contributed by atoms with Crippen LogP contribution in [0.25, 0.3) is 0 Å². The van der Waals surface area contributed by atoms with Gasteiger partial charge >= 0.3 is 0 Å². The van der Waals surface area contributed by atoms with Gasteiger partial charge in [0.1, 0.15) is 4.90 Å². The van der Waals surface area contributed by atoms with Gasteiger partial charge in [0.2, 0.25) is 15.9 Å². The summed E-state index contributed by atoms with van der Waals surface area (Å²) in [5.41, 5.74) is 0.315. The summed E-state index contributed by atoms with van der Waals surface area (Å²) in [7, 11) is -2.14. The first-order valence-corrected chi connectivity index (χ1v) is 10.6. The predicted molar refractivity (Wildman–Crippen MR) is 99.5 cm³/mol. The first-order valence-electron chi connectivity index (χ1n) is 8.76. The van der Waals surface area contributed by atoms with Crippen molar-refractivity contribution in [3.63, 3.8) is 0 Å². The van der Waals surface area contributed by atoms with Crippen LogP contribution in [-0.4, -0.2) is 51.0 Å². The van der Waals surface area contributed by atoms with Crippen molar-refractivity contribution < 1.29 is 17.9 Å². The number of carbonyl (C=O) groups is 1. The Hall–Kier alpha value is -1.66. The monoisotopic (exact) mass is 411 g/mol. The third kappa shape index (κ3) is 3.97. The van der Waals surface area contributed by atoms with Crippen molar-refractivity contribution in [2.24, 2.45) is 11.8 Å². The number of carbonyl (C=O) groups excluding carboxylic acids is 1. The number of amides is 1. The van der Waals surface area contributed by atoms with Gasteiger partial charge in [0.15, 0.2) is 0 Å². The molecular formula is C18H22ClN3O4S. The Morgan fingerprint density at radius 2 is 2.00 bits per heavy atom. The standard InChI is InChI=1S/C18H22ClN3O4S/c1-11(23)21-16-6-13-9-22(10-14(13)7-17(16)26-2)27(24,25)18-4-3-12(8-20)5-15(18)19/h3-5,13-14,16-17H,6-7,9-10H2,1-2H3,(H,21,23)/t13-,14+,16-,17-/m1/s1. The van der Waals surface area contributed by atoms with Crippen molar-refractivity contribution in [3.05, 3.63) is 28.8 Å². The topological polar surface area (TPSA) is 99.5 Å². The number of nitriles is 1. The Morgan fingerprint density at radius 1 is 1.33 bits per heavy atom. The molecule has 4 atom stereocenters. The van der Waals surface area contributed by atoms with Gasteiger partial charge < -0.3 is 10.1 Å². The third-order valence-corrected chi connectivity index (χ3v) is 7.77. The van der Waals surface area contributed by atoms with Gasteiger partial charge in [-0.1, -0.05) is 11.6 Å². The lowest BCUT2D eigenvalue weighted by Crippen LogP contribution is -2.49. The van der Waals surface area contributed by atoms with Gasteiger partial charge in [-0.05, 0) is 42.9 Å². The lowest BCUT2D eigenvalue weighted by Gasteiger charge is -2.37. The van der Waals surface area contributed by atoms with E-state index in [0.29, 0.717) is 31.5 Å². The van der Waals surface area contributed by atoms with Gasteiger partial charge in [-0.2, -0.15) is 9.57 Å². The van der Waals surface area contributed by atoms with Crippen LogP contribution in [0.1, 0.15) is 25.3 Å². The third-order valence-electron chi connectivity index (χ3n) is 5.45. The maximum Gasteiger partial charge on any atom is 0.244 e. The fourth-order valence-corrected chi connectivity index (χ4v) is 6.23. The molecule has 0 bridgehead atoms. The fourth-order valence-electron chi connectivity index (χ4n) is 4.16. The average Bonchev–Trinajstić information content (AvgIpc) is 3.03. The van der Waals surface area contributed by atoms with Crippen LogP contribution in [0, 0.1) is 23.2 Å². The summed E-state index contributed by atoms with van der Waals surface area (Å²) >= 11 is 6.13. The number of sulfonamides is 1. The normalized spacial score (nSPS) is 28.4. The van der Waals surface area contributed by atoms with Gasteiger partial charge in [0.05, 0.1) is 28.8 Å². The molecule has 0 unspecified atom stereocenters. The zero-order valence-electron chi connectivity index (χ0n) is 15.2. The highest BCUT2D eigenvalue weighted by Crippen LogP contribution is 2.40. The molecule has 7 nitrogen and oxygen atoms in total. The van der Waals surface area contributed by atoms with Crippen molar-refractivity contribution in [2.45, 2.75) is 36.8 Å². The van der Waals surface area contributed by atoms with Crippen molar-refractivity contribution >= 4 is 27.5 Å². The van der Waals surface area contributed by atoms with Crippen LogP contribution in [0.15, 0.2) is 23.1 Å². The molecule has 0 radical (unpaired) electrons. The molecule has 3 rings (SSSR count). The summed E-state index contributed by atoms with van der Waals surface area (Å²) in [5.74, 6) is 0.208. The number of halogens is 1. The van der Waals surface area contributed by atoms with E-state index >= 15 is 0 Å². The number of methoxy groups -OCH3 is 1. The smallest absolute Gasteiger partial charge is 0.244 e. The second-order valence-electron chi connectivity index (χ2n) is 7.15. The van der Waals surface area contributed by atoms with E-state index in [-0.39, 0.29) is 39.8 Å². The molecule has 1 saturated heterocycles. The molecule has 146 valence electrons. The number of benzene rings is 1. The number of hydrogen-bond donors (Lipinski definition) is 1. The molecule has 2 fully saturated rings. The van der Waals surface area contributed by atoms with E-state index in [1.165, 1.54) is 29.4 Å². The molecule has 9 heteroatoms. The van der Waals surface area contributed by atoms with E-state index in [9.17, 15) is 13.2 Å². The minimum absolute atomic E-state index is 0.0171. The molecule has 1 aliphatic heterocycles. The van der Waals surface area contributed by atoms with E-state index < -0.39 is 10.0 Å². The summed E-state index contributed by atoms with van der Waals surface area (Å²) in [5, 5.41) is 11.9. The fraction of sp³-hybridized carbons (Fsp3) is 0.556. The highest BCUT2D eigenvalue weighted by atomic mass is 35.5. The average molecular weight is 412 g/mol. The van der Waals surface area contributed by atoms with Crippen LogP contribution >= 0.6 is 11.6 Å². The van der Waals surface area contributed by atoms with Crippen LogP contribution in [0.5, 0.6) is 0 Å². The Kier molecular flexibility index (Phi) is 5.77. The van der Waals surface area contributed by atoms with Crippen LogP contribution in [-0.2, 0) is 19.6 Å². The molecular weight excluding hydrogens is 390 g/mol. The summed E-state index contributed by atoms with van der Waals surface area (Å²) in [6.07, 6.45) is 1.24. The van der Waals surface area contributed by atoms with E-state index in [2.05, 4.69) is 5.32 Å². The summed E-state index contributed by atoms with van der Waals surface area (Å²) in [4.78, 5) is 11.5. The summed E-state index contributed by atoms with van der Waals surface area (Å²) in [6, 6.07) is 6.04. The lowest BCUT2D eigenvalue weighted by molar-refractivity contribution is -0.121. The summed E-state index contributed by atoms with van der Waals surface area (Å²) in [6.45, 7) is 2.25. The number of nitrogens with zero attached hydrogens (tertiary/aromatic N) is 2. The number of fused-ring (bicyclic) bond motifs is 1. The van der Waals surface area contributed by atoms with Crippen LogP contribution in [0.3, 0.4) is 0 Å². The van der Waals surface area contributed by atoms with Crippen LogP contribution in [0.4, 0.5) is 0 Å². The summed E-state index contributed by atoms with van der Waals surface area (Å²) < 4.78 is 33.1. The molecule has 1 heterocycles. The second kappa shape index (κ2) is 7.76. The van der Waals surface area contributed by atoms with E-state index in [1.54, 1.807) is 7.11 Å².